The monoisotopic (exact) mass is 287 g/mol. The lowest BCUT2D eigenvalue weighted by Gasteiger charge is -2.19. The van der Waals surface area contributed by atoms with Gasteiger partial charge in [0.15, 0.2) is 5.78 Å². The number of benzene rings is 1. The summed E-state index contributed by atoms with van der Waals surface area (Å²) in [6, 6.07) is 10.4. The fourth-order valence-electron chi connectivity index (χ4n) is 2.47. The van der Waals surface area contributed by atoms with E-state index >= 15 is 0 Å². The van der Waals surface area contributed by atoms with Gasteiger partial charge in [0.1, 0.15) is 11.6 Å². The average molecular weight is 287 g/mol. The van der Waals surface area contributed by atoms with E-state index in [0.29, 0.717) is 25.6 Å². The number of Topliss-reactive ketones (excluding diaryl/α,β-unsaturated/α-hetero) is 1. The SMILES string of the molecule is O=C(Cc1ccc(F)cc1)CN(Cc1ccco1)C1CC1. The zero-order valence-corrected chi connectivity index (χ0v) is 11.8. The van der Waals surface area contributed by atoms with Gasteiger partial charge in [-0.1, -0.05) is 12.1 Å². The van der Waals surface area contributed by atoms with Gasteiger partial charge < -0.3 is 4.42 Å². The molecule has 1 aliphatic rings. The van der Waals surface area contributed by atoms with Gasteiger partial charge in [-0.3, -0.25) is 9.69 Å². The molecule has 0 atom stereocenters. The highest BCUT2D eigenvalue weighted by Crippen LogP contribution is 2.28. The molecule has 0 aliphatic heterocycles. The first-order valence-corrected chi connectivity index (χ1v) is 7.23. The second-order valence-corrected chi connectivity index (χ2v) is 5.56. The van der Waals surface area contributed by atoms with Gasteiger partial charge in [-0.05, 0) is 42.7 Å². The van der Waals surface area contributed by atoms with Crippen LogP contribution in [0.1, 0.15) is 24.2 Å². The Morgan fingerprint density at radius 3 is 2.62 bits per heavy atom. The molecule has 2 aromatic rings. The molecule has 0 radical (unpaired) electrons. The van der Waals surface area contributed by atoms with Crippen molar-refractivity contribution >= 4 is 5.78 Å². The molecule has 0 saturated heterocycles. The molecule has 0 N–H and O–H groups in total. The molecular formula is C17H18FNO2. The van der Waals surface area contributed by atoms with Crippen molar-refractivity contribution in [3.05, 3.63) is 59.8 Å². The molecule has 1 fully saturated rings. The van der Waals surface area contributed by atoms with Gasteiger partial charge in [-0.2, -0.15) is 0 Å². The molecule has 3 rings (SSSR count). The highest BCUT2D eigenvalue weighted by atomic mass is 19.1. The minimum Gasteiger partial charge on any atom is -0.468 e. The molecule has 0 spiro atoms. The minimum absolute atomic E-state index is 0.153. The molecule has 1 aliphatic carbocycles. The molecule has 0 unspecified atom stereocenters. The first-order chi connectivity index (χ1) is 10.2. The summed E-state index contributed by atoms with van der Waals surface area (Å²) in [5.74, 6) is 0.764. The van der Waals surface area contributed by atoms with Crippen LogP contribution in [-0.4, -0.2) is 23.3 Å². The van der Waals surface area contributed by atoms with Crippen molar-refractivity contribution in [3.63, 3.8) is 0 Å². The number of nitrogens with zero attached hydrogens (tertiary/aromatic N) is 1. The van der Waals surface area contributed by atoms with Gasteiger partial charge in [-0.25, -0.2) is 4.39 Å². The standard InChI is InChI=1S/C17H18FNO2/c18-14-5-3-13(4-6-14)10-16(20)11-19(15-7-8-15)12-17-2-1-9-21-17/h1-6,9,15H,7-8,10-12H2. The number of ketones is 1. The number of carbonyl (C=O) groups is 1. The highest BCUT2D eigenvalue weighted by molar-refractivity contribution is 5.82. The van der Waals surface area contributed by atoms with E-state index in [2.05, 4.69) is 4.90 Å². The van der Waals surface area contributed by atoms with Gasteiger partial charge in [0.2, 0.25) is 0 Å². The van der Waals surface area contributed by atoms with E-state index in [-0.39, 0.29) is 11.6 Å². The van der Waals surface area contributed by atoms with Crippen LogP contribution in [0, 0.1) is 5.82 Å². The van der Waals surface area contributed by atoms with Crippen molar-refractivity contribution in [3.8, 4) is 0 Å². The van der Waals surface area contributed by atoms with Crippen LogP contribution in [-0.2, 0) is 17.8 Å². The van der Waals surface area contributed by atoms with Crippen LogP contribution in [0.5, 0.6) is 0 Å². The quantitative estimate of drug-likeness (QED) is 0.784. The molecule has 21 heavy (non-hydrogen) atoms. The third-order valence-corrected chi connectivity index (χ3v) is 3.70. The summed E-state index contributed by atoms with van der Waals surface area (Å²) in [5.41, 5.74) is 0.857. The molecule has 3 nitrogen and oxygen atoms in total. The van der Waals surface area contributed by atoms with E-state index in [4.69, 9.17) is 4.42 Å². The minimum atomic E-state index is -0.274. The van der Waals surface area contributed by atoms with E-state index in [1.54, 1.807) is 18.4 Å². The summed E-state index contributed by atoms with van der Waals surface area (Å²) >= 11 is 0. The topological polar surface area (TPSA) is 33.5 Å². The molecule has 1 aromatic heterocycles. The Morgan fingerprint density at radius 2 is 2.00 bits per heavy atom. The van der Waals surface area contributed by atoms with E-state index in [1.165, 1.54) is 12.1 Å². The van der Waals surface area contributed by atoms with Gasteiger partial charge in [-0.15, -0.1) is 0 Å². The Morgan fingerprint density at radius 1 is 1.24 bits per heavy atom. The molecule has 1 aromatic carbocycles. The van der Waals surface area contributed by atoms with E-state index in [0.717, 1.165) is 24.2 Å². The fraction of sp³-hybridized carbons (Fsp3) is 0.353. The fourth-order valence-corrected chi connectivity index (χ4v) is 2.47. The molecule has 1 heterocycles. The number of rotatable bonds is 7. The summed E-state index contributed by atoms with van der Waals surface area (Å²) in [6.07, 6.45) is 4.29. The van der Waals surface area contributed by atoms with Crippen LogP contribution < -0.4 is 0 Å². The lowest BCUT2D eigenvalue weighted by atomic mass is 10.1. The summed E-state index contributed by atoms with van der Waals surface area (Å²) in [7, 11) is 0. The molecular weight excluding hydrogens is 269 g/mol. The Balaban J connectivity index is 1.57. The Bertz CT molecular complexity index is 588. The number of halogens is 1. The third kappa shape index (κ3) is 4.02. The maximum atomic E-state index is 12.9. The summed E-state index contributed by atoms with van der Waals surface area (Å²) in [6.45, 7) is 1.09. The summed E-state index contributed by atoms with van der Waals surface area (Å²) in [4.78, 5) is 14.4. The van der Waals surface area contributed by atoms with Crippen LogP contribution in [0.15, 0.2) is 47.1 Å². The molecule has 0 bridgehead atoms. The average Bonchev–Trinajstić information content (AvgIpc) is 3.19. The number of furan rings is 1. The number of hydrogen-bond acceptors (Lipinski definition) is 3. The highest BCUT2D eigenvalue weighted by Gasteiger charge is 2.30. The Kier molecular flexibility index (Phi) is 4.15. The first-order valence-electron chi connectivity index (χ1n) is 7.23. The lowest BCUT2D eigenvalue weighted by Crippen LogP contribution is -2.32. The van der Waals surface area contributed by atoms with Gasteiger partial charge in [0.25, 0.3) is 0 Å². The van der Waals surface area contributed by atoms with Crippen LogP contribution in [0.2, 0.25) is 0 Å². The molecule has 4 heteroatoms. The molecule has 110 valence electrons. The second-order valence-electron chi connectivity index (χ2n) is 5.56. The zero-order valence-electron chi connectivity index (χ0n) is 11.8. The van der Waals surface area contributed by atoms with Gasteiger partial charge in [0.05, 0.1) is 19.4 Å². The Hall–Kier alpha value is -1.94. The van der Waals surface area contributed by atoms with E-state index in [9.17, 15) is 9.18 Å². The number of hydrogen-bond donors (Lipinski definition) is 0. The van der Waals surface area contributed by atoms with Gasteiger partial charge >= 0.3 is 0 Å². The smallest absolute Gasteiger partial charge is 0.151 e. The van der Waals surface area contributed by atoms with Crippen LogP contribution in [0.3, 0.4) is 0 Å². The largest absolute Gasteiger partial charge is 0.468 e. The first kappa shape index (κ1) is 14.0. The van der Waals surface area contributed by atoms with Crippen molar-refractivity contribution in [2.45, 2.75) is 31.8 Å². The number of carbonyl (C=O) groups excluding carboxylic acids is 1. The normalized spacial score (nSPS) is 14.6. The van der Waals surface area contributed by atoms with Crippen molar-refractivity contribution in [2.24, 2.45) is 0 Å². The lowest BCUT2D eigenvalue weighted by molar-refractivity contribution is -0.119. The third-order valence-electron chi connectivity index (χ3n) is 3.70. The Labute approximate surface area is 123 Å². The van der Waals surface area contributed by atoms with Crippen LogP contribution in [0.25, 0.3) is 0 Å². The predicted octanol–water partition coefficient (Wildman–Crippen LogP) is 3.19. The van der Waals surface area contributed by atoms with E-state index in [1.807, 2.05) is 12.1 Å². The predicted molar refractivity (Wildman–Crippen MR) is 77.3 cm³/mol. The molecule has 1 saturated carbocycles. The van der Waals surface area contributed by atoms with Crippen molar-refractivity contribution in [1.82, 2.24) is 4.90 Å². The molecule has 0 amide bonds. The summed E-state index contributed by atoms with van der Waals surface area (Å²) in [5, 5.41) is 0. The van der Waals surface area contributed by atoms with E-state index < -0.39 is 0 Å². The van der Waals surface area contributed by atoms with Gasteiger partial charge in [0, 0.05) is 12.5 Å². The van der Waals surface area contributed by atoms with Crippen LogP contribution in [0.4, 0.5) is 4.39 Å². The van der Waals surface area contributed by atoms with Crippen molar-refractivity contribution < 1.29 is 13.6 Å². The van der Waals surface area contributed by atoms with Crippen molar-refractivity contribution in [2.75, 3.05) is 6.54 Å². The zero-order chi connectivity index (χ0) is 14.7. The van der Waals surface area contributed by atoms with Crippen LogP contribution >= 0.6 is 0 Å². The maximum absolute atomic E-state index is 12.9. The maximum Gasteiger partial charge on any atom is 0.151 e. The second kappa shape index (κ2) is 6.22. The summed E-state index contributed by atoms with van der Waals surface area (Å²) < 4.78 is 18.2. The van der Waals surface area contributed by atoms with Crippen molar-refractivity contribution in [1.29, 1.82) is 0 Å².